The summed E-state index contributed by atoms with van der Waals surface area (Å²) in [4.78, 5) is 11.5. The average Bonchev–Trinajstić information content (AvgIpc) is 2.88. The topological polar surface area (TPSA) is 49.8 Å². The summed E-state index contributed by atoms with van der Waals surface area (Å²) in [6.45, 7) is 6.55. The Labute approximate surface area is 128 Å². The first-order valence-electron chi connectivity index (χ1n) is 7.00. The molecule has 2 rings (SSSR count). The van der Waals surface area contributed by atoms with Crippen LogP contribution in [0.1, 0.15) is 25.6 Å². The quantitative estimate of drug-likeness (QED) is 0.813. The zero-order valence-corrected chi connectivity index (χ0v) is 14.1. The van der Waals surface area contributed by atoms with E-state index >= 15 is 0 Å². The van der Waals surface area contributed by atoms with Crippen molar-refractivity contribution in [3.63, 3.8) is 0 Å². The van der Waals surface area contributed by atoms with Gasteiger partial charge >= 0.3 is 0 Å². The predicted octanol–water partition coefficient (Wildman–Crippen LogP) is 3.85. The number of fused-ring (bicyclic) bond motifs is 1. The lowest BCUT2D eigenvalue weighted by Gasteiger charge is -2.15. The summed E-state index contributed by atoms with van der Waals surface area (Å²) in [5.74, 6) is 3.85. The maximum Gasteiger partial charge on any atom is 0.225 e. The molecule has 0 aliphatic rings. The molecule has 0 saturated heterocycles. The van der Waals surface area contributed by atoms with Gasteiger partial charge in [0.25, 0.3) is 0 Å². The highest BCUT2D eigenvalue weighted by Gasteiger charge is 2.12. The summed E-state index contributed by atoms with van der Waals surface area (Å²) in [5, 5.41) is 7.71. The third-order valence-corrected chi connectivity index (χ3v) is 5.29. The molecule has 0 aliphatic heterocycles. The van der Waals surface area contributed by atoms with Gasteiger partial charge in [0.2, 0.25) is 5.95 Å². The average molecular weight is 310 g/mol. The Balaban J connectivity index is 2.31. The number of anilines is 2. The van der Waals surface area contributed by atoms with Gasteiger partial charge in [0, 0.05) is 23.7 Å². The van der Waals surface area contributed by atoms with Gasteiger partial charge in [-0.1, -0.05) is 13.8 Å². The molecule has 110 valence electrons. The largest absolute Gasteiger partial charge is 0.366 e. The Morgan fingerprint density at radius 3 is 2.80 bits per heavy atom. The van der Waals surface area contributed by atoms with Crippen LogP contribution in [0.25, 0.3) is 10.2 Å². The fraction of sp³-hybridized carbons (Fsp3) is 0.571. The number of nitrogens with zero attached hydrogens (tertiary/aromatic N) is 2. The standard InChI is InChI=1S/C14H22N4S2/c1-5-10-7-11-12(16-9(3)8-19-6-2)17-14(15-4)18-13(11)20-10/h7,9H,5-6,8H2,1-4H3,(H2,15,16,17,18). The summed E-state index contributed by atoms with van der Waals surface area (Å²) >= 11 is 3.69. The van der Waals surface area contributed by atoms with Crippen molar-refractivity contribution in [1.29, 1.82) is 0 Å². The van der Waals surface area contributed by atoms with Crippen molar-refractivity contribution in [3.05, 3.63) is 10.9 Å². The highest BCUT2D eigenvalue weighted by Crippen LogP contribution is 2.30. The number of hydrogen-bond donors (Lipinski definition) is 2. The van der Waals surface area contributed by atoms with Crippen LogP contribution in [0.4, 0.5) is 11.8 Å². The van der Waals surface area contributed by atoms with Crippen molar-refractivity contribution in [2.45, 2.75) is 33.2 Å². The molecule has 0 spiro atoms. The SMILES string of the molecule is CCSCC(C)Nc1nc(NC)nc2sc(CC)cc12. The van der Waals surface area contributed by atoms with Gasteiger partial charge in [0.15, 0.2) is 0 Å². The molecule has 0 amide bonds. The molecule has 0 fully saturated rings. The van der Waals surface area contributed by atoms with Crippen LogP contribution in [-0.2, 0) is 6.42 Å². The number of aryl methyl sites for hydroxylation is 1. The Hall–Kier alpha value is -1.01. The fourth-order valence-electron chi connectivity index (χ4n) is 1.94. The smallest absolute Gasteiger partial charge is 0.225 e. The first-order valence-corrected chi connectivity index (χ1v) is 8.97. The second-order valence-electron chi connectivity index (χ2n) is 4.64. The van der Waals surface area contributed by atoms with Gasteiger partial charge in [-0.2, -0.15) is 16.7 Å². The molecular formula is C14H22N4S2. The van der Waals surface area contributed by atoms with Crippen LogP contribution in [0.5, 0.6) is 0 Å². The molecule has 4 nitrogen and oxygen atoms in total. The van der Waals surface area contributed by atoms with Gasteiger partial charge < -0.3 is 10.6 Å². The number of hydrogen-bond acceptors (Lipinski definition) is 6. The molecule has 1 atom stereocenters. The van der Waals surface area contributed by atoms with Crippen LogP contribution < -0.4 is 10.6 Å². The van der Waals surface area contributed by atoms with Crippen molar-refractivity contribution in [2.75, 3.05) is 29.2 Å². The minimum Gasteiger partial charge on any atom is -0.366 e. The predicted molar refractivity (Wildman–Crippen MR) is 92.4 cm³/mol. The normalized spacial score (nSPS) is 12.6. The molecule has 0 aromatic carbocycles. The molecule has 2 aromatic rings. The van der Waals surface area contributed by atoms with Crippen LogP contribution in [0.15, 0.2) is 6.07 Å². The van der Waals surface area contributed by atoms with E-state index < -0.39 is 0 Å². The molecule has 6 heteroatoms. The van der Waals surface area contributed by atoms with Gasteiger partial charge in [0.05, 0.1) is 5.39 Å². The number of nitrogens with one attached hydrogen (secondary N) is 2. The van der Waals surface area contributed by atoms with Crippen LogP contribution in [0.3, 0.4) is 0 Å². The van der Waals surface area contributed by atoms with Crippen molar-refractivity contribution in [2.24, 2.45) is 0 Å². The van der Waals surface area contributed by atoms with E-state index in [0.29, 0.717) is 12.0 Å². The summed E-state index contributed by atoms with van der Waals surface area (Å²) in [6.07, 6.45) is 1.04. The molecule has 2 heterocycles. The first-order chi connectivity index (χ1) is 9.67. The molecule has 0 radical (unpaired) electrons. The molecule has 0 aliphatic carbocycles. The van der Waals surface area contributed by atoms with E-state index in [0.717, 1.165) is 34.0 Å². The van der Waals surface area contributed by atoms with Crippen molar-refractivity contribution >= 4 is 45.1 Å². The summed E-state index contributed by atoms with van der Waals surface area (Å²) in [5.41, 5.74) is 0. The van der Waals surface area contributed by atoms with Crippen LogP contribution in [0, 0.1) is 0 Å². The minimum absolute atomic E-state index is 0.396. The van der Waals surface area contributed by atoms with Gasteiger partial charge in [-0.05, 0) is 25.2 Å². The van der Waals surface area contributed by atoms with E-state index in [9.17, 15) is 0 Å². The fourth-order valence-corrected chi connectivity index (χ4v) is 3.58. The molecule has 2 N–H and O–H groups in total. The van der Waals surface area contributed by atoms with E-state index in [2.05, 4.69) is 47.4 Å². The number of thioether (sulfide) groups is 1. The lowest BCUT2D eigenvalue weighted by molar-refractivity contribution is 0.904. The Morgan fingerprint density at radius 1 is 1.35 bits per heavy atom. The molecular weight excluding hydrogens is 288 g/mol. The van der Waals surface area contributed by atoms with Crippen molar-refractivity contribution in [3.8, 4) is 0 Å². The number of aromatic nitrogens is 2. The van der Waals surface area contributed by atoms with Gasteiger partial charge in [-0.15, -0.1) is 11.3 Å². The maximum absolute atomic E-state index is 4.58. The Morgan fingerprint density at radius 2 is 2.15 bits per heavy atom. The highest BCUT2D eigenvalue weighted by molar-refractivity contribution is 7.99. The van der Waals surface area contributed by atoms with E-state index in [-0.39, 0.29) is 0 Å². The Kier molecular flexibility index (Phi) is 5.48. The molecule has 1 unspecified atom stereocenters. The lowest BCUT2D eigenvalue weighted by atomic mass is 10.3. The van der Waals surface area contributed by atoms with Crippen LogP contribution in [-0.4, -0.2) is 34.6 Å². The summed E-state index contributed by atoms with van der Waals surface area (Å²) in [6, 6.07) is 2.61. The van der Waals surface area contributed by atoms with E-state index in [4.69, 9.17) is 0 Å². The van der Waals surface area contributed by atoms with Gasteiger partial charge in [-0.25, -0.2) is 4.98 Å². The molecule has 2 aromatic heterocycles. The third-order valence-electron chi connectivity index (χ3n) is 2.97. The molecule has 0 saturated carbocycles. The summed E-state index contributed by atoms with van der Waals surface area (Å²) < 4.78 is 0. The maximum atomic E-state index is 4.58. The van der Waals surface area contributed by atoms with E-state index in [1.54, 1.807) is 11.3 Å². The van der Waals surface area contributed by atoms with Crippen molar-refractivity contribution < 1.29 is 0 Å². The monoisotopic (exact) mass is 310 g/mol. The Bertz CT molecular complexity index is 568. The number of rotatable bonds is 7. The van der Waals surface area contributed by atoms with Gasteiger partial charge in [0.1, 0.15) is 10.6 Å². The number of thiophene rings is 1. The zero-order chi connectivity index (χ0) is 14.5. The third kappa shape index (κ3) is 3.55. The molecule has 20 heavy (non-hydrogen) atoms. The first kappa shape index (κ1) is 15.4. The van der Waals surface area contributed by atoms with Crippen LogP contribution in [0.2, 0.25) is 0 Å². The zero-order valence-electron chi connectivity index (χ0n) is 12.5. The van der Waals surface area contributed by atoms with Gasteiger partial charge in [-0.3, -0.25) is 0 Å². The molecule has 0 bridgehead atoms. The second kappa shape index (κ2) is 7.13. The van der Waals surface area contributed by atoms with E-state index in [1.165, 1.54) is 4.88 Å². The van der Waals surface area contributed by atoms with E-state index in [1.807, 2.05) is 18.8 Å². The van der Waals surface area contributed by atoms with Crippen LogP contribution >= 0.6 is 23.1 Å². The second-order valence-corrected chi connectivity index (χ2v) is 7.07. The summed E-state index contributed by atoms with van der Waals surface area (Å²) in [7, 11) is 1.86. The minimum atomic E-state index is 0.396. The van der Waals surface area contributed by atoms with Crippen molar-refractivity contribution in [1.82, 2.24) is 9.97 Å². The highest BCUT2D eigenvalue weighted by atomic mass is 32.2. The lowest BCUT2D eigenvalue weighted by Crippen LogP contribution is -2.19.